The maximum Gasteiger partial charge on any atom is 0.263 e. The molecule has 0 aliphatic heterocycles. The number of aryl methyl sites for hydroxylation is 1. The molecule has 1 N–H and O–H groups in total. The van der Waals surface area contributed by atoms with Crippen molar-refractivity contribution in [2.75, 3.05) is 4.72 Å². The quantitative estimate of drug-likeness (QED) is 0.719. The van der Waals surface area contributed by atoms with E-state index in [2.05, 4.69) is 4.72 Å². The number of halogens is 4. The fourth-order valence-corrected chi connectivity index (χ4v) is 3.91. The van der Waals surface area contributed by atoms with Gasteiger partial charge in [-0.2, -0.15) is 0 Å². The minimum atomic E-state index is -3.91. The van der Waals surface area contributed by atoms with Gasteiger partial charge in [0.05, 0.1) is 20.8 Å². The van der Waals surface area contributed by atoms with Gasteiger partial charge in [-0.05, 0) is 36.8 Å². The van der Waals surface area contributed by atoms with Gasteiger partial charge in [-0.3, -0.25) is 4.72 Å². The van der Waals surface area contributed by atoms with Gasteiger partial charge in [-0.15, -0.1) is 0 Å². The molecule has 8 heteroatoms. The van der Waals surface area contributed by atoms with Crippen LogP contribution in [0.5, 0.6) is 0 Å². The number of anilines is 1. The highest BCUT2D eigenvalue weighted by Crippen LogP contribution is 2.33. The summed E-state index contributed by atoms with van der Waals surface area (Å²) < 4.78 is 27.3. The van der Waals surface area contributed by atoms with Crippen LogP contribution < -0.4 is 4.72 Å². The molecule has 0 saturated carbocycles. The number of rotatable bonds is 3. The van der Waals surface area contributed by atoms with E-state index >= 15 is 0 Å². The number of benzene rings is 2. The molecule has 0 heterocycles. The Hall–Kier alpha value is -0.650. The number of hydrogen-bond donors (Lipinski definition) is 1. The van der Waals surface area contributed by atoms with Crippen LogP contribution in [0.15, 0.2) is 35.2 Å². The summed E-state index contributed by atoms with van der Waals surface area (Å²) in [5.74, 6) is 0. The van der Waals surface area contributed by atoms with Crippen LogP contribution in [0.25, 0.3) is 0 Å². The van der Waals surface area contributed by atoms with Gasteiger partial charge in [-0.25, -0.2) is 8.42 Å². The van der Waals surface area contributed by atoms with E-state index in [0.717, 1.165) is 5.56 Å². The minimum absolute atomic E-state index is 0.0171. The summed E-state index contributed by atoms with van der Waals surface area (Å²) in [6.07, 6.45) is 0. The van der Waals surface area contributed by atoms with Gasteiger partial charge in [0.15, 0.2) is 0 Å². The highest BCUT2D eigenvalue weighted by atomic mass is 35.5. The smallest absolute Gasteiger partial charge is 0.263 e. The molecule has 0 amide bonds. The third-order valence-corrected chi connectivity index (χ3v) is 5.50. The largest absolute Gasteiger partial charge is 0.279 e. The molecule has 2 aromatic rings. The standard InChI is InChI=1S/C13H9Cl4NO2S/c1-7-2-3-8(14)4-12(7)18-21(19,20)13-6-10(16)9(15)5-11(13)17/h2-6,18H,1H3. The average Bonchev–Trinajstić information content (AvgIpc) is 2.37. The van der Waals surface area contributed by atoms with E-state index in [9.17, 15) is 8.42 Å². The summed E-state index contributed by atoms with van der Waals surface area (Å²) in [7, 11) is -3.91. The van der Waals surface area contributed by atoms with E-state index in [-0.39, 0.29) is 20.0 Å². The van der Waals surface area contributed by atoms with Crippen molar-refractivity contribution in [3.63, 3.8) is 0 Å². The predicted octanol–water partition coefficient (Wildman–Crippen LogP) is 5.41. The Balaban J connectivity index is 2.48. The van der Waals surface area contributed by atoms with Crippen LogP contribution in [0.1, 0.15) is 5.56 Å². The number of sulfonamides is 1. The van der Waals surface area contributed by atoms with Crippen molar-refractivity contribution < 1.29 is 8.42 Å². The fraction of sp³-hybridized carbons (Fsp3) is 0.0769. The Morgan fingerprint density at radius 3 is 2.19 bits per heavy atom. The molecule has 0 fully saturated rings. The first-order valence-electron chi connectivity index (χ1n) is 5.64. The van der Waals surface area contributed by atoms with Gasteiger partial charge in [0.2, 0.25) is 0 Å². The van der Waals surface area contributed by atoms with Gasteiger partial charge in [0.25, 0.3) is 10.0 Å². The minimum Gasteiger partial charge on any atom is -0.279 e. The van der Waals surface area contributed by atoms with Crippen LogP contribution >= 0.6 is 46.4 Å². The summed E-state index contributed by atoms with van der Waals surface area (Å²) in [4.78, 5) is -0.155. The Morgan fingerprint density at radius 2 is 1.52 bits per heavy atom. The monoisotopic (exact) mass is 383 g/mol. The van der Waals surface area contributed by atoms with Gasteiger partial charge in [0, 0.05) is 5.02 Å². The lowest BCUT2D eigenvalue weighted by Crippen LogP contribution is -2.14. The first-order chi connectivity index (χ1) is 9.70. The SMILES string of the molecule is Cc1ccc(Cl)cc1NS(=O)(=O)c1cc(Cl)c(Cl)cc1Cl. The fourth-order valence-electron chi connectivity index (χ4n) is 1.61. The molecule has 0 spiro atoms. The molecule has 0 aliphatic carbocycles. The van der Waals surface area contributed by atoms with Crippen molar-refractivity contribution in [1.29, 1.82) is 0 Å². The molecule has 3 nitrogen and oxygen atoms in total. The van der Waals surface area contributed by atoms with Crippen molar-refractivity contribution in [1.82, 2.24) is 0 Å². The van der Waals surface area contributed by atoms with Crippen molar-refractivity contribution in [2.24, 2.45) is 0 Å². The predicted molar refractivity (Wildman–Crippen MR) is 88.5 cm³/mol. The third kappa shape index (κ3) is 3.76. The average molecular weight is 385 g/mol. The molecular formula is C13H9Cl4NO2S. The second-order valence-electron chi connectivity index (χ2n) is 4.26. The van der Waals surface area contributed by atoms with Gasteiger partial charge in [-0.1, -0.05) is 52.5 Å². The second-order valence-corrected chi connectivity index (χ2v) is 7.57. The van der Waals surface area contributed by atoms with Crippen LogP contribution in [0, 0.1) is 6.92 Å². The van der Waals surface area contributed by atoms with Crippen LogP contribution in [0.2, 0.25) is 20.1 Å². The lowest BCUT2D eigenvalue weighted by Gasteiger charge is -2.12. The van der Waals surface area contributed by atoms with E-state index in [0.29, 0.717) is 10.7 Å². The first-order valence-corrected chi connectivity index (χ1v) is 8.64. The molecule has 0 aliphatic rings. The van der Waals surface area contributed by atoms with Crippen molar-refractivity contribution >= 4 is 62.1 Å². The first kappa shape index (κ1) is 16.7. The van der Waals surface area contributed by atoms with E-state index in [1.807, 2.05) is 0 Å². The van der Waals surface area contributed by atoms with Crippen molar-refractivity contribution in [2.45, 2.75) is 11.8 Å². The van der Waals surface area contributed by atoms with E-state index in [1.54, 1.807) is 19.1 Å². The maximum atomic E-state index is 12.4. The second kappa shape index (κ2) is 6.23. The van der Waals surface area contributed by atoms with Crippen molar-refractivity contribution in [3.05, 3.63) is 56.0 Å². The Kier molecular flexibility index (Phi) is 4.96. The summed E-state index contributed by atoms with van der Waals surface area (Å²) in [6.45, 7) is 1.75. The van der Waals surface area contributed by atoms with Crippen LogP contribution in [-0.2, 0) is 10.0 Å². The third-order valence-electron chi connectivity index (χ3n) is 2.71. The van der Waals surface area contributed by atoms with Crippen LogP contribution in [0.4, 0.5) is 5.69 Å². The zero-order valence-electron chi connectivity index (χ0n) is 10.6. The molecule has 112 valence electrons. The molecule has 0 radical (unpaired) electrons. The summed E-state index contributed by atoms with van der Waals surface area (Å²) in [5, 5.41) is 0.680. The van der Waals surface area contributed by atoms with Gasteiger partial charge < -0.3 is 0 Å². The summed E-state index contributed by atoms with van der Waals surface area (Å²) >= 11 is 23.4. The molecule has 2 rings (SSSR count). The topological polar surface area (TPSA) is 46.2 Å². The highest BCUT2D eigenvalue weighted by Gasteiger charge is 2.21. The molecule has 0 bridgehead atoms. The van der Waals surface area contributed by atoms with E-state index < -0.39 is 10.0 Å². The molecule has 2 aromatic carbocycles. The molecule has 0 unspecified atom stereocenters. The van der Waals surface area contributed by atoms with Crippen molar-refractivity contribution in [3.8, 4) is 0 Å². The van der Waals surface area contributed by atoms with E-state index in [4.69, 9.17) is 46.4 Å². The molecular weight excluding hydrogens is 376 g/mol. The zero-order valence-corrected chi connectivity index (χ0v) is 14.5. The molecule has 0 atom stereocenters. The van der Waals surface area contributed by atoms with Gasteiger partial charge in [0.1, 0.15) is 4.90 Å². The normalized spacial score (nSPS) is 11.5. The Bertz CT molecular complexity index is 806. The van der Waals surface area contributed by atoms with Crippen LogP contribution in [-0.4, -0.2) is 8.42 Å². The molecule has 0 aromatic heterocycles. The lowest BCUT2D eigenvalue weighted by molar-refractivity contribution is 0.601. The maximum absolute atomic E-state index is 12.4. The Labute approximate surface area is 142 Å². The van der Waals surface area contributed by atoms with E-state index in [1.165, 1.54) is 18.2 Å². The number of hydrogen-bond acceptors (Lipinski definition) is 2. The lowest BCUT2D eigenvalue weighted by atomic mass is 10.2. The molecule has 21 heavy (non-hydrogen) atoms. The van der Waals surface area contributed by atoms with Crippen LogP contribution in [0.3, 0.4) is 0 Å². The van der Waals surface area contributed by atoms with Gasteiger partial charge >= 0.3 is 0 Å². The Morgan fingerprint density at radius 1 is 0.905 bits per heavy atom. The summed E-state index contributed by atoms with van der Waals surface area (Å²) in [5.41, 5.74) is 1.09. The molecule has 0 saturated heterocycles. The zero-order chi connectivity index (χ0) is 15.8. The number of nitrogens with one attached hydrogen (secondary N) is 1. The summed E-state index contributed by atoms with van der Waals surface area (Å²) in [6, 6.07) is 7.37. The highest BCUT2D eigenvalue weighted by molar-refractivity contribution is 7.92.